The van der Waals surface area contributed by atoms with Gasteiger partial charge in [0.15, 0.2) is 11.5 Å². The SMILES string of the molecule is CCCOc1ccccc1OCC(C)(C)CS(N)(=O)=O. The molecule has 0 spiro atoms. The van der Waals surface area contributed by atoms with Crippen LogP contribution < -0.4 is 14.6 Å². The van der Waals surface area contributed by atoms with E-state index in [4.69, 9.17) is 14.6 Å². The van der Waals surface area contributed by atoms with E-state index in [-0.39, 0.29) is 12.4 Å². The maximum absolute atomic E-state index is 11.2. The Kier molecular flexibility index (Phi) is 5.83. The molecular weight excluding hydrogens is 278 g/mol. The summed E-state index contributed by atoms with van der Waals surface area (Å²) in [4.78, 5) is 0. The fourth-order valence-electron chi connectivity index (χ4n) is 1.76. The van der Waals surface area contributed by atoms with Crippen LogP contribution in [0.1, 0.15) is 27.2 Å². The highest BCUT2D eigenvalue weighted by Crippen LogP contribution is 2.28. The first kappa shape index (κ1) is 16.8. The summed E-state index contributed by atoms with van der Waals surface area (Å²) in [6.07, 6.45) is 0.908. The molecule has 0 radical (unpaired) electrons. The molecule has 0 fully saturated rings. The monoisotopic (exact) mass is 301 g/mol. The third-order valence-corrected chi connectivity index (χ3v) is 3.71. The van der Waals surface area contributed by atoms with Crippen molar-refractivity contribution in [2.75, 3.05) is 19.0 Å². The van der Waals surface area contributed by atoms with Crippen molar-refractivity contribution < 1.29 is 17.9 Å². The lowest BCUT2D eigenvalue weighted by Gasteiger charge is -2.24. The first-order chi connectivity index (χ1) is 9.23. The minimum absolute atomic E-state index is 0.127. The van der Waals surface area contributed by atoms with Crippen LogP contribution in [0.15, 0.2) is 24.3 Å². The maximum atomic E-state index is 11.2. The summed E-state index contributed by atoms with van der Waals surface area (Å²) in [5.74, 6) is 1.15. The molecule has 0 saturated carbocycles. The summed E-state index contributed by atoms with van der Waals surface area (Å²) in [6.45, 7) is 6.48. The second kappa shape index (κ2) is 6.95. The number of hydrogen-bond donors (Lipinski definition) is 1. The van der Waals surface area contributed by atoms with Crippen molar-refractivity contribution in [3.8, 4) is 11.5 Å². The summed E-state index contributed by atoms with van der Waals surface area (Å²) < 4.78 is 33.6. The van der Waals surface area contributed by atoms with Gasteiger partial charge in [0.1, 0.15) is 0 Å². The largest absolute Gasteiger partial charge is 0.490 e. The van der Waals surface area contributed by atoms with E-state index >= 15 is 0 Å². The smallest absolute Gasteiger partial charge is 0.209 e. The van der Waals surface area contributed by atoms with Gasteiger partial charge in [-0.05, 0) is 18.6 Å². The van der Waals surface area contributed by atoms with E-state index in [9.17, 15) is 8.42 Å². The molecule has 6 heteroatoms. The third kappa shape index (κ3) is 6.25. The van der Waals surface area contributed by atoms with Gasteiger partial charge in [0.05, 0.1) is 19.0 Å². The molecule has 0 saturated heterocycles. The predicted octanol–water partition coefficient (Wildman–Crippen LogP) is 2.17. The van der Waals surface area contributed by atoms with E-state index in [0.717, 1.165) is 6.42 Å². The van der Waals surface area contributed by atoms with Gasteiger partial charge in [-0.2, -0.15) is 0 Å². The normalized spacial score (nSPS) is 12.2. The van der Waals surface area contributed by atoms with Crippen molar-refractivity contribution >= 4 is 10.0 Å². The Labute approximate surface area is 121 Å². The van der Waals surface area contributed by atoms with Crippen LogP contribution in [-0.4, -0.2) is 27.4 Å². The van der Waals surface area contributed by atoms with Crippen LogP contribution in [0.4, 0.5) is 0 Å². The number of hydrogen-bond acceptors (Lipinski definition) is 4. The molecule has 0 aliphatic rings. The zero-order chi connectivity index (χ0) is 15.2. The van der Waals surface area contributed by atoms with Gasteiger partial charge in [-0.25, -0.2) is 13.6 Å². The molecule has 0 aliphatic carbocycles. The average molecular weight is 301 g/mol. The number of benzene rings is 1. The highest BCUT2D eigenvalue weighted by atomic mass is 32.2. The van der Waals surface area contributed by atoms with Gasteiger partial charge in [0.25, 0.3) is 0 Å². The number of primary sulfonamides is 1. The summed E-state index contributed by atoms with van der Waals surface area (Å²) >= 11 is 0. The Hall–Kier alpha value is -1.27. The molecule has 0 atom stereocenters. The zero-order valence-electron chi connectivity index (χ0n) is 12.3. The molecule has 1 aromatic rings. The first-order valence-corrected chi connectivity index (χ1v) is 8.30. The van der Waals surface area contributed by atoms with Crippen LogP contribution in [0.25, 0.3) is 0 Å². The van der Waals surface area contributed by atoms with Gasteiger partial charge in [-0.15, -0.1) is 0 Å². The number of sulfonamides is 1. The van der Waals surface area contributed by atoms with Crippen molar-refractivity contribution in [2.45, 2.75) is 27.2 Å². The molecule has 1 aromatic carbocycles. The molecule has 5 nitrogen and oxygen atoms in total. The molecule has 20 heavy (non-hydrogen) atoms. The Morgan fingerprint density at radius 1 is 1.15 bits per heavy atom. The maximum Gasteiger partial charge on any atom is 0.209 e. The Balaban J connectivity index is 2.69. The molecule has 114 valence electrons. The highest BCUT2D eigenvalue weighted by Gasteiger charge is 2.25. The van der Waals surface area contributed by atoms with E-state index in [1.165, 1.54) is 0 Å². The van der Waals surface area contributed by atoms with Crippen molar-refractivity contribution in [3.05, 3.63) is 24.3 Å². The Morgan fingerprint density at radius 2 is 1.70 bits per heavy atom. The molecule has 0 bridgehead atoms. The molecule has 0 heterocycles. The topological polar surface area (TPSA) is 78.6 Å². The molecule has 0 unspecified atom stereocenters. The lowest BCUT2D eigenvalue weighted by Crippen LogP contribution is -2.33. The molecule has 2 N–H and O–H groups in total. The van der Waals surface area contributed by atoms with Crippen LogP contribution in [0, 0.1) is 5.41 Å². The fourth-order valence-corrected chi connectivity index (χ4v) is 2.93. The lowest BCUT2D eigenvalue weighted by atomic mass is 9.98. The summed E-state index contributed by atoms with van der Waals surface area (Å²) in [5.41, 5.74) is -0.564. The van der Waals surface area contributed by atoms with Gasteiger partial charge in [-0.1, -0.05) is 32.9 Å². The van der Waals surface area contributed by atoms with E-state index in [2.05, 4.69) is 0 Å². The Bertz CT molecular complexity index is 526. The fraction of sp³-hybridized carbons (Fsp3) is 0.571. The van der Waals surface area contributed by atoms with Gasteiger partial charge < -0.3 is 9.47 Å². The predicted molar refractivity (Wildman–Crippen MR) is 79.5 cm³/mol. The van der Waals surface area contributed by atoms with E-state index < -0.39 is 15.4 Å². The van der Waals surface area contributed by atoms with E-state index in [1.54, 1.807) is 19.9 Å². The molecule has 1 rings (SSSR count). The first-order valence-electron chi connectivity index (χ1n) is 6.58. The molecule has 0 aliphatic heterocycles. The number of rotatable bonds is 8. The Morgan fingerprint density at radius 3 is 2.20 bits per heavy atom. The third-order valence-electron chi connectivity index (χ3n) is 2.52. The number of para-hydroxylation sites is 2. The van der Waals surface area contributed by atoms with Gasteiger partial charge >= 0.3 is 0 Å². The lowest BCUT2D eigenvalue weighted by molar-refractivity contribution is 0.189. The van der Waals surface area contributed by atoms with Gasteiger partial charge in [-0.3, -0.25) is 0 Å². The number of nitrogens with two attached hydrogens (primary N) is 1. The second-order valence-electron chi connectivity index (χ2n) is 5.56. The van der Waals surface area contributed by atoms with Crippen molar-refractivity contribution in [2.24, 2.45) is 10.6 Å². The summed E-state index contributed by atoms with van der Waals surface area (Å²) in [5, 5.41) is 5.08. The van der Waals surface area contributed by atoms with Crippen molar-refractivity contribution in [3.63, 3.8) is 0 Å². The van der Waals surface area contributed by atoms with E-state index in [1.807, 2.05) is 25.1 Å². The number of ether oxygens (including phenoxy) is 2. The summed E-state index contributed by atoms with van der Waals surface area (Å²) in [6, 6.07) is 7.35. The standard InChI is InChI=1S/C14H23NO4S/c1-4-9-18-12-7-5-6-8-13(12)19-10-14(2,3)11-20(15,16)17/h5-8H,4,9-11H2,1-3H3,(H2,15,16,17). The molecule has 0 aromatic heterocycles. The van der Waals surface area contributed by atoms with Crippen LogP contribution >= 0.6 is 0 Å². The van der Waals surface area contributed by atoms with Gasteiger partial charge in [0, 0.05) is 5.41 Å². The molecular formula is C14H23NO4S. The minimum atomic E-state index is -3.52. The zero-order valence-corrected chi connectivity index (χ0v) is 13.1. The second-order valence-corrected chi connectivity index (χ2v) is 7.17. The minimum Gasteiger partial charge on any atom is -0.490 e. The van der Waals surface area contributed by atoms with Gasteiger partial charge in [0.2, 0.25) is 10.0 Å². The quantitative estimate of drug-likeness (QED) is 0.798. The average Bonchev–Trinajstić information content (AvgIpc) is 2.32. The van der Waals surface area contributed by atoms with E-state index in [0.29, 0.717) is 18.1 Å². The van der Waals surface area contributed by atoms with Crippen LogP contribution in [0.3, 0.4) is 0 Å². The van der Waals surface area contributed by atoms with Crippen molar-refractivity contribution in [1.29, 1.82) is 0 Å². The molecule has 0 amide bonds. The van der Waals surface area contributed by atoms with Crippen LogP contribution in [-0.2, 0) is 10.0 Å². The highest BCUT2D eigenvalue weighted by molar-refractivity contribution is 7.89. The summed E-state index contributed by atoms with van der Waals surface area (Å²) in [7, 11) is -3.52. The van der Waals surface area contributed by atoms with Crippen LogP contribution in [0.2, 0.25) is 0 Å². The van der Waals surface area contributed by atoms with Crippen molar-refractivity contribution in [1.82, 2.24) is 0 Å². The van der Waals surface area contributed by atoms with Crippen LogP contribution in [0.5, 0.6) is 11.5 Å².